The lowest BCUT2D eigenvalue weighted by Gasteiger charge is -2.25. The molecule has 3 atom stereocenters. The quantitative estimate of drug-likeness (QED) is 0.0243. The van der Waals surface area contributed by atoms with E-state index in [1.165, 1.54) is 250 Å². The molecular weight excluding hydrogens is 984 g/mol. The van der Waals surface area contributed by atoms with Gasteiger partial charge in [-0.15, -0.1) is 0 Å². The van der Waals surface area contributed by atoms with Gasteiger partial charge >= 0.3 is 7.82 Å². The zero-order valence-electron chi connectivity index (χ0n) is 52.4. The van der Waals surface area contributed by atoms with Crippen molar-refractivity contribution in [1.82, 2.24) is 5.32 Å². The molecule has 458 valence electrons. The molecule has 3 N–H and O–H groups in total. The van der Waals surface area contributed by atoms with E-state index in [4.69, 9.17) is 9.05 Å². The number of hydrogen-bond acceptors (Lipinski definition) is 5. The molecule has 3 unspecified atom stereocenters. The van der Waals surface area contributed by atoms with Crippen molar-refractivity contribution in [2.24, 2.45) is 0 Å². The Hall–Kier alpha value is -1.80. The van der Waals surface area contributed by atoms with Gasteiger partial charge in [-0.05, 0) is 77.0 Å². The van der Waals surface area contributed by atoms with Crippen molar-refractivity contribution in [2.45, 2.75) is 334 Å². The summed E-state index contributed by atoms with van der Waals surface area (Å²) in [5.74, 6) is -0.187. The minimum absolute atomic E-state index is 0.0532. The molecule has 0 spiro atoms. The van der Waals surface area contributed by atoms with Crippen LogP contribution in [0, 0.1) is 0 Å². The number of hydrogen-bond donors (Lipinski definition) is 3. The van der Waals surface area contributed by atoms with Crippen LogP contribution >= 0.6 is 7.82 Å². The SMILES string of the molecule is CCCCCCC/C=C\C/C=C\CCCCCCCCCCCCCCCCCCCC(=O)NC(COP(=O)(O)OCC[N+](C)(C)C)C(O)/C=C/CC/C=C/CC/C=C/CCCCCCCCCCCCCCCCCCC. The molecule has 9 heteroatoms. The molecule has 0 aliphatic rings. The van der Waals surface area contributed by atoms with Crippen molar-refractivity contribution in [3.63, 3.8) is 0 Å². The Labute approximate surface area is 485 Å². The van der Waals surface area contributed by atoms with E-state index < -0.39 is 20.0 Å². The molecule has 0 aliphatic heterocycles. The minimum Gasteiger partial charge on any atom is -0.387 e. The van der Waals surface area contributed by atoms with Crippen molar-refractivity contribution in [3.05, 3.63) is 60.8 Å². The summed E-state index contributed by atoms with van der Waals surface area (Å²) in [6.07, 6.45) is 82.2. The number of unbranched alkanes of at least 4 members (excludes halogenated alkanes) is 41. The van der Waals surface area contributed by atoms with Gasteiger partial charge in [0.1, 0.15) is 13.2 Å². The Morgan fingerprint density at radius 3 is 1.10 bits per heavy atom. The standard InChI is InChI=1S/C69H131N2O6P/c1-6-8-10-12-14-16-18-20-22-24-26-28-30-32-34-35-37-39-41-43-45-47-49-51-53-55-57-59-61-63-69(73)70-67(66-77-78(74,75)76-65-64-71(3,4)5)68(72)62-60-58-56-54-52-50-48-46-44-42-40-38-36-33-31-29-27-25-23-21-19-17-15-13-11-9-7-2/h18,20,24,26,44,46,52,54,60,62,67-68,72H,6-17,19,21-23,25,27-43,45,47-51,53,55-59,61,63-66H2,1-5H3,(H-,70,73,74,75)/p+1/b20-18-,26-24-,46-44+,54-52+,62-60+. The number of phosphoric ester groups is 1. The van der Waals surface area contributed by atoms with Crippen LogP contribution in [0.25, 0.3) is 0 Å². The molecule has 0 radical (unpaired) electrons. The van der Waals surface area contributed by atoms with Crippen LogP contribution < -0.4 is 5.32 Å². The molecule has 0 saturated carbocycles. The van der Waals surface area contributed by atoms with Gasteiger partial charge in [0.05, 0.1) is 39.9 Å². The summed E-state index contributed by atoms with van der Waals surface area (Å²) in [5, 5.41) is 14.0. The van der Waals surface area contributed by atoms with Crippen LogP contribution in [0.1, 0.15) is 322 Å². The third kappa shape index (κ3) is 61.8. The second-order valence-corrected chi connectivity index (χ2v) is 25.6. The zero-order chi connectivity index (χ0) is 57.0. The molecule has 0 heterocycles. The van der Waals surface area contributed by atoms with Gasteiger partial charge < -0.3 is 19.8 Å². The molecule has 0 aromatic carbocycles. The highest BCUT2D eigenvalue weighted by Gasteiger charge is 2.28. The molecular formula is C69H132N2O6P+. The van der Waals surface area contributed by atoms with E-state index in [0.717, 1.165) is 51.4 Å². The Bertz CT molecular complexity index is 1450. The molecule has 0 aliphatic carbocycles. The van der Waals surface area contributed by atoms with E-state index in [1.54, 1.807) is 6.08 Å². The van der Waals surface area contributed by atoms with Gasteiger partial charge in [-0.2, -0.15) is 0 Å². The van der Waals surface area contributed by atoms with Crippen LogP contribution in [0.2, 0.25) is 0 Å². The van der Waals surface area contributed by atoms with Gasteiger partial charge in [0.15, 0.2) is 0 Å². The monoisotopic (exact) mass is 1120 g/mol. The number of rotatable bonds is 62. The predicted molar refractivity (Wildman–Crippen MR) is 341 cm³/mol. The highest BCUT2D eigenvalue weighted by molar-refractivity contribution is 7.47. The van der Waals surface area contributed by atoms with Crippen molar-refractivity contribution >= 4 is 13.7 Å². The van der Waals surface area contributed by atoms with Crippen molar-refractivity contribution in [2.75, 3.05) is 40.9 Å². The number of carbonyl (C=O) groups is 1. The number of nitrogens with one attached hydrogen (secondary N) is 1. The largest absolute Gasteiger partial charge is 0.472 e. The fourth-order valence-electron chi connectivity index (χ4n) is 9.93. The first-order chi connectivity index (χ1) is 38.0. The molecule has 0 fully saturated rings. The zero-order valence-corrected chi connectivity index (χ0v) is 53.3. The summed E-state index contributed by atoms with van der Waals surface area (Å²) < 4.78 is 23.8. The van der Waals surface area contributed by atoms with E-state index in [-0.39, 0.29) is 19.1 Å². The minimum atomic E-state index is -4.37. The number of carbonyl (C=O) groups excluding carboxylic acids is 1. The highest BCUT2D eigenvalue weighted by atomic mass is 31.2. The summed E-state index contributed by atoms with van der Waals surface area (Å²) in [7, 11) is 1.55. The average Bonchev–Trinajstić information content (AvgIpc) is 3.41. The van der Waals surface area contributed by atoms with Gasteiger partial charge in [-0.1, -0.05) is 299 Å². The van der Waals surface area contributed by atoms with Gasteiger partial charge in [0.25, 0.3) is 0 Å². The molecule has 0 bridgehead atoms. The summed E-state index contributed by atoms with van der Waals surface area (Å²) in [6, 6.07) is -0.872. The first kappa shape index (κ1) is 76.2. The molecule has 8 nitrogen and oxygen atoms in total. The maximum Gasteiger partial charge on any atom is 0.472 e. The first-order valence-corrected chi connectivity index (χ1v) is 35.2. The van der Waals surface area contributed by atoms with Crippen LogP contribution in [-0.4, -0.2) is 73.4 Å². The Balaban J connectivity index is 4.15. The lowest BCUT2D eigenvalue weighted by molar-refractivity contribution is -0.870. The summed E-state index contributed by atoms with van der Waals surface area (Å²) in [5.41, 5.74) is 0. The first-order valence-electron chi connectivity index (χ1n) is 33.7. The second kappa shape index (κ2) is 59.8. The lowest BCUT2D eigenvalue weighted by Crippen LogP contribution is -2.45. The van der Waals surface area contributed by atoms with Crippen LogP contribution in [0.4, 0.5) is 0 Å². The number of nitrogens with zero attached hydrogens (tertiary/aromatic N) is 1. The number of aliphatic hydroxyl groups excluding tert-OH is 1. The van der Waals surface area contributed by atoms with Crippen LogP contribution in [0.15, 0.2) is 60.8 Å². The molecule has 0 rings (SSSR count). The van der Waals surface area contributed by atoms with Crippen LogP contribution in [-0.2, 0) is 18.4 Å². The molecule has 78 heavy (non-hydrogen) atoms. The van der Waals surface area contributed by atoms with E-state index >= 15 is 0 Å². The highest BCUT2D eigenvalue weighted by Crippen LogP contribution is 2.43. The van der Waals surface area contributed by atoms with E-state index in [9.17, 15) is 19.4 Å². The fraction of sp³-hybridized carbons (Fsp3) is 0.841. The lowest BCUT2D eigenvalue weighted by atomic mass is 10.0. The molecule has 0 saturated heterocycles. The van der Waals surface area contributed by atoms with E-state index in [1.807, 2.05) is 27.2 Å². The molecule has 1 amide bonds. The normalized spacial score (nSPS) is 14.1. The summed E-state index contributed by atoms with van der Waals surface area (Å²) in [6.45, 7) is 4.82. The predicted octanol–water partition coefficient (Wildman–Crippen LogP) is 21.2. The Morgan fingerprint density at radius 1 is 0.436 bits per heavy atom. The Kier molecular flexibility index (Phi) is 58.4. The average molecular weight is 1120 g/mol. The van der Waals surface area contributed by atoms with E-state index in [2.05, 4.69) is 67.8 Å². The number of quaternary nitrogens is 1. The smallest absolute Gasteiger partial charge is 0.387 e. The topological polar surface area (TPSA) is 105 Å². The van der Waals surface area contributed by atoms with Crippen molar-refractivity contribution < 1.29 is 32.9 Å². The molecule has 0 aromatic rings. The second-order valence-electron chi connectivity index (χ2n) is 24.2. The third-order valence-corrected chi connectivity index (χ3v) is 16.2. The third-order valence-electron chi connectivity index (χ3n) is 15.2. The van der Waals surface area contributed by atoms with Crippen LogP contribution in [0.5, 0.6) is 0 Å². The maximum atomic E-state index is 13.0. The summed E-state index contributed by atoms with van der Waals surface area (Å²) in [4.78, 5) is 23.4. The van der Waals surface area contributed by atoms with Gasteiger partial charge in [-0.3, -0.25) is 13.8 Å². The fourth-order valence-corrected chi connectivity index (χ4v) is 10.7. The van der Waals surface area contributed by atoms with Crippen molar-refractivity contribution in [3.8, 4) is 0 Å². The number of aliphatic hydroxyl groups is 1. The maximum absolute atomic E-state index is 13.0. The van der Waals surface area contributed by atoms with E-state index in [0.29, 0.717) is 17.4 Å². The number of likely N-dealkylation sites (N-methyl/N-ethyl adjacent to an activating group) is 1. The number of allylic oxidation sites excluding steroid dienone is 9. The number of phosphoric acid groups is 1. The van der Waals surface area contributed by atoms with Gasteiger partial charge in [-0.25, -0.2) is 4.57 Å². The Morgan fingerprint density at radius 2 is 0.744 bits per heavy atom. The van der Waals surface area contributed by atoms with Gasteiger partial charge in [0.2, 0.25) is 5.91 Å². The van der Waals surface area contributed by atoms with Crippen molar-refractivity contribution in [1.29, 1.82) is 0 Å². The number of amides is 1. The summed E-state index contributed by atoms with van der Waals surface area (Å²) >= 11 is 0. The van der Waals surface area contributed by atoms with Gasteiger partial charge in [0, 0.05) is 6.42 Å². The molecule has 0 aromatic heterocycles. The van der Waals surface area contributed by atoms with Crippen LogP contribution in [0.3, 0.4) is 0 Å².